The highest BCUT2D eigenvalue weighted by molar-refractivity contribution is 7.99. The first-order chi connectivity index (χ1) is 8.15. The van der Waals surface area contributed by atoms with Crippen molar-refractivity contribution >= 4 is 11.8 Å². The van der Waals surface area contributed by atoms with E-state index in [4.69, 9.17) is 9.84 Å². The van der Waals surface area contributed by atoms with Gasteiger partial charge in [-0.15, -0.1) is 0 Å². The summed E-state index contributed by atoms with van der Waals surface area (Å²) in [6, 6.07) is 0. The Balaban J connectivity index is 2.16. The Morgan fingerprint density at radius 3 is 2.82 bits per heavy atom. The average Bonchev–Trinajstić information content (AvgIpc) is 2.64. The highest BCUT2D eigenvalue weighted by Crippen LogP contribution is 2.16. The highest BCUT2D eigenvalue weighted by Gasteiger charge is 2.05. The molecule has 0 aliphatic rings. The summed E-state index contributed by atoms with van der Waals surface area (Å²) in [6.45, 7) is 6.01. The van der Waals surface area contributed by atoms with Crippen molar-refractivity contribution < 1.29 is 9.84 Å². The third-order valence-corrected chi connectivity index (χ3v) is 3.51. The fourth-order valence-corrected chi connectivity index (χ4v) is 2.14. The second kappa shape index (κ2) is 7.74. The van der Waals surface area contributed by atoms with Gasteiger partial charge < -0.3 is 14.4 Å². The monoisotopic (exact) mass is 258 g/mol. The number of aromatic nitrogens is 2. The van der Waals surface area contributed by atoms with Crippen LogP contribution in [0, 0.1) is 5.92 Å². The maximum atomic E-state index is 9.03. The zero-order valence-corrected chi connectivity index (χ0v) is 11.7. The van der Waals surface area contributed by atoms with Gasteiger partial charge in [-0.05, 0) is 12.3 Å². The first-order valence-corrected chi connectivity index (χ1v) is 6.95. The molecule has 0 saturated carbocycles. The lowest BCUT2D eigenvalue weighted by atomic mass is 10.1. The Labute approximate surface area is 107 Å². The van der Waals surface area contributed by atoms with Crippen LogP contribution in [0.5, 0.6) is 0 Å². The van der Waals surface area contributed by atoms with E-state index in [1.807, 2.05) is 11.6 Å². The molecule has 0 spiro atoms. The lowest BCUT2D eigenvalue weighted by Crippen LogP contribution is -2.03. The van der Waals surface area contributed by atoms with Crippen molar-refractivity contribution in [2.24, 2.45) is 13.0 Å². The van der Waals surface area contributed by atoms with Crippen LogP contribution in [-0.4, -0.2) is 33.6 Å². The lowest BCUT2D eigenvalue weighted by molar-refractivity contribution is 0.138. The van der Waals surface area contributed by atoms with Crippen LogP contribution in [0.25, 0.3) is 0 Å². The van der Waals surface area contributed by atoms with Gasteiger partial charge in [0.05, 0.1) is 25.1 Å². The molecule has 0 saturated heterocycles. The van der Waals surface area contributed by atoms with Crippen LogP contribution >= 0.6 is 11.8 Å². The molecule has 0 aromatic carbocycles. The molecule has 0 radical (unpaired) electrons. The second-order valence-corrected chi connectivity index (χ2v) is 5.45. The Bertz CT molecular complexity index is 326. The van der Waals surface area contributed by atoms with Crippen LogP contribution in [0.1, 0.15) is 26.0 Å². The molecule has 1 aromatic rings. The van der Waals surface area contributed by atoms with Crippen LogP contribution in [-0.2, 0) is 18.4 Å². The van der Waals surface area contributed by atoms with E-state index in [-0.39, 0.29) is 6.61 Å². The van der Waals surface area contributed by atoms with Gasteiger partial charge in [0.25, 0.3) is 0 Å². The molecule has 0 bridgehead atoms. The molecular weight excluding hydrogens is 236 g/mol. The van der Waals surface area contributed by atoms with Gasteiger partial charge in [0.15, 0.2) is 5.16 Å². The van der Waals surface area contributed by atoms with Gasteiger partial charge in [-0.25, -0.2) is 4.98 Å². The molecule has 5 heteroatoms. The minimum absolute atomic E-state index is 0.0367. The summed E-state index contributed by atoms with van der Waals surface area (Å²) in [6.07, 6.45) is 2.82. The molecule has 98 valence electrons. The van der Waals surface area contributed by atoms with Crippen LogP contribution in [0.2, 0.25) is 0 Å². The maximum absolute atomic E-state index is 9.03. The smallest absolute Gasteiger partial charge is 0.168 e. The molecule has 17 heavy (non-hydrogen) atoms. The van der Waals surface area contributed by atoms with E-state index in [0.29, 0.717) is 5.92 Å². The topological polar surface area (TPSA) is 47.3 Å². The van der Waals surface area contributed by atoms with E-state index in [1.54, 1.807) is 18.0 Å². The van der Waals surface area contributed by atoms with Gasteiger partial charge in [0, 0.05) is 19.4 Å². The number of aliphatic hydroxyl groups is 1. The molecule has 0 unspecified atom stereocenters. The summed E-state index contributed by atoms with van der Waals surface area (Å²) in [5.74, 6) is 1.60. The van der Waals surface area contributed by atoms with Crippen molar-refractivity contribution in [2.75, 3.05) is 19.0 Å². The highest BCUT2D eigenvalue weighted by atomic mass is 32.2. The quantitative estimate of drug-likeness (QED) is 0.573. The third kappa shape index (κ3) is 5.10. The molecule has 4 nitrogen and oxygen atoms in total. The largest absolute Gasteiger partial charge is 0.390 e. The van der Waals surface area contributed by atoms with Crippen LogP contribution in [0.4, 0.5) is 0 Å². The van der Waals surface area contributed by atoms with E-state index < -0.39 is 0 Å². The zero-order chi connectivity index (χ0) is 12.7. The van der Waals surface area contributed by atoms with Gasteiger partial charge in [-0.1, -0.05) is 25.6 Å². The summed E-state index contributed by atoms with van der Waals surface area (Å²) in [7, 11) is 1.92. The number of rotatable bonds is 8. The molecule has 1 aromatic heterocycles. The van der Waals surface area contributed by atoms with Gasteiger partial charge in [-0.2, -0.15) is 0 Å². The Hall–Kier alpha value is -0.520. The predicted octanol–water partition coefficient (Wildman–Crippen LogP) is 2.07. The van der Waals surface area contributed by atoms with Crippen molar-refractivity contribution in [3.8, 4) is 0 Å². The van der Waals surface area contributed by atoms with E-state index in [0.717, 1.165) is 36.2 Å². The number of hydrogen-bond acceptors (Lipinski definition) is 4. The summed E-state index contributed by atoms with van der Waals surface area (Å²) < 4.78 is 7.45. The third-order valence-electron chi connectivity index (χ3n) is 2.50. The minimum atomic E-state index is 0.0367. The molecule has 0 aliphatic heterocycles. The Morgan fingerprint density at radius 2 is 2.24 bits per heavy atom. The fourth-order valence-electron chi connectivity index (χ4n) is 1.32. The van der Waals surface area contributed by atoms with Gasteiger partial charge in [0.2, 0.25) is 0 Å². The number of thioether (sulfide) groups is 1. The van der Waals surface area contributed by atoms with E-state index in [2.05, 4.69) is 18.8 Å². The van der Waals surface area contributed by atoms with Crippen LogP contribution < -0.4 is 0 Å². The second-order valence-electron chi connectivity index (χ2n) is 4.39. The SMILES string of the molecule is CC(C)CCOCCSc1ncc(CO)n1C. The average molecular weight is 258 g/mol. The molecule has 1 heterocycles. The predicted molar refractivity (Wildman–Crippen MR) is 70.1 cm³/mol. The zero-order valence-electron chi connectivity index (χ0n) is 10.8. The standard InChI is InChI=1S/C12H22N2O2S/c1-10(2)4-5-16-6-7-17-12-13-8-11(9-15)14(12)3/h8,10,15H,4-7,9H2,1-3H3. The molecular formula is C12H22N2O2S. The summed E-state index contributed by atoms with van der Waals surface area (Å²) in [4.78, 5) is 4.24. The Morgan fingerprint density at radius 1 is 1.47 bits per heavy atom. The minimum Gasteiger partial charge on any atom is -0.390 e. The normalized spacial score (nSPS) is 11.4. The van der Waals surface area contributed by atoms with Crippen molar-refractivity contribution in [3.63, 3.8) is 0 Å². The number of aliphatic hydroxyl groups excluding tert-OH is 1. The van der Waals surface area contributed by atoms with Crippen molar-refractivity contribution in [3.05, 3.63) is 11.9 Å². The number of hydrogen-bond donors (Lipinski definition) is 1. The number of nitrogens with zero attached hydrogens (tertiary/aromatic N) is 2. The Kier molecular flexibility index (Phi) is 6.62. The number of ether oxygens (including phenoxy) is 1. The van der Waals surface area contributed by atoms with Crippen molar-refractivity contribution in [1.82, 2.24) is 9.55 Å². The van der Waals surface area contributed by atoms with Crippen molar-refractivity contribution in [1.29, 1.82) is 0 Å². The van der Waals surface area contributed by atoms with Gasteiger partial charge >= 0.3 is 0 Å². The number of imidazole rings is 1. The van der Waals surface area contributed by atoms with E-state index >= 15 is 0 Å². The lowest BCUT2D eigenvalue weighted by Gasteiger charge is -2.06. The first kappa shape index (κ1) is 14.5. The first-order valence-electron chi connectivity index (χ1n) is 5.97. The van der Waals surface area contributed by atoms with Crippen molar-refractivity contribution in [2.45, 2.75) is 32.0 Å². The molecule has 0 amide bonds. The molecule has 1 rings (SSSR count). The molecule has 1 N–H and O–H groups in total. The van der Waals surface area contributed by atoms with Crippen LogP contribution in [0.15, 0.2) is 11.4 Å². The van der Waals surface area contributed by atoms with E-state index in [1.165, 1.54) is 0 Å². The summed E-state index contributed by atoms with van der Waals surface area (Å²) >= 11 is 1.66. The molecule has 0 aliphatic carbocycles. The van der Waals surface area contributed by atoms with E-state index in [9.17, 15) is 0 Å². The molecule has 0 fully saturated rings. The van der Waals surface area contributed by atoms with Gasteiger partial charge in [-0.3, -0.25) is 0 Å². The summed E-state index contributed by atoms with van der Waals surface area (Å²) in [5, 5.41) is 9.96. The maximum Gasteiger partial charge on any atom is 0.168 e. The fraction of sp³-hybridized carbons (Fsp3) is 0.750. The summed E-state index contributed by atoms with van der Waals surface area (Å²) in [5.41, 5.74) is 0.841. The molecule has 0 atom stereocenters. The van der Waals surface area contributed by atoms with Gasteiger partial charge in [0.1, 0.15) is 0 Å². The van der Waals surface area contributed by atoms with Crippen LogP contribution in [0.3, 0.4) is 0 Å².